The van der Waals surface area contributed by atoms with Crippen LogP contribution in [0, 0.1) is 6.92 Å². The van der Waals surface area contributed by atoms with E-state index in [2.05, 4.69) is 46.0 Å². The molecule has 32 heavy (non-hydrogen) atoms. The molecule has 1 aromatic carbocycles. The Morgan fingerprint density at radius 1 is 0.906 bits per heavy atom. The van der Waals surface area contributed by atoms with Gasteiger partial charge in [-0.2, -0.15) is 5.10 Å². The summed E-state index contributed by atoms with van der Waals surface area (Å²) in [5.74, 6) is 0.895. The Bertz CT molecular complexity index is 1190. The first kappa shape index (κ1) is 20.6. The van der Waals surface area contributed by atoms with Crippen molar-refractivity contribution in [3.63, 3.8) is 0 Å². The average Bonchev–Trinajstić information content (AvgIpc) is 3.24. The lowest BCUT2D eigenvalue weighted by atomic mass is 10.1. The van der Waals surface area contributed by atoms with Gasteiger partial charge < -0.3 is 9.64 Å². The van der Waals surface area contributed by atoms with E-state index in [0.29, 0.717) is 6.61 Å². The molecule has 3 aromatic heterocycles. The predicted molar refractivity (Wildman–Crippen MR) is 126 cm³/mol. The molecule has 1 aliphatic heterocycles. The van der Waals surface area contributed by atoms with Crippen molar-refractivity contribution in [2.75, 3.05) is 46.4 Å². The van der Waals surface area contributed by atoms with Crippen LogP contribution >= 0.6 is 0 Å². The average molecular weight is 429 g/mol. The zero-order chi connectivity index (χ0) is 21.9. The first-order valence-electron chi connectivity index (χ1n) is 11.1. The highest BCUT2D eigenvalue weighted by atomic mass is 16.5. The van der Waals surface area contributed by atoms with Crippen LogP contribution in [0.2, 0.25) is 0 Å². The molecule has 0 N–H and O–H groups in total. The van der Waals surface area contributed by atoms with Crippen molar-refractivity contribution >= 4 is 5.65 Å². The van der Waals surface area contributed by atoms with Gasteiger partial charge in [-0.05, 0) is 48.9 Å². The van der Waals surface area contributed by atoms with Crippen LogP contribution in [0.25, 0.3) is 27.9 Å². The van der Waals surface area contributed by atoms with Crippen molar-refractivity contribution in [3.8, 4) is 28.0 Å². The summed E-state index contributed by atoms with van der Waals surface area (Å²) in [4.78, 5) is 13.7. The fourth-order valence-corrected chi connectivity index (χ4v) is 4.10. The van der Waals surface area contributed by atoms with E-state index in [4.69, 9.17) is 9.72 Å². The topological polar surface area (TPSA) is 58.8 Å². The van der Waals surface area contributed by atoms with Crippen LogP contribution in [-0.4, -0.2) is 75.8 Å². The van der Waals surface area contributed by atoms with Gasteiger partial charge in [0.05, 0.1) is 6.20 Å². The number of nitrogens with zero attached hydrogens (tertiary/aromatic N) is 6. The molecule has 0 saturated carbocycles. The molecule has 1 saturated heterocycles. The zero-order valence-electron chi connectivity index (χ0n) is 18.6. The fraction of sp³-hybridized carbons (Fsp3) is 0.320. The minimum Gasteiger partial charge on any atom is -0.492 e. The minimum absolute atomic E-state index is 0.709. The van der Waals surface area contributed by atoms with Gasteiger partial charge in [0.15, 0.2) is 5.65 Å². The van der Waals surface area contributed by atoms with Gasteiger partial charge in [0, 0.05) is 68.6 Å². The first-order chi connectivity index (χ1) is 15.7. The van der Waals surface area contributed by atoms with Gasteiger partial charge in [-0.1, -0.05) is 12.1 Å². The van der Waals surface area contributed by atoms with E-state index in [1.807, 2.05) is 47.5 Å². The number of fused-ring (bicyclic) bond motifs is 1. The van der Waals surface area contributed by atoms with Gasteiger partial charge in [0.1, 0.15) is 12.4 Å². The number of hydrogen-bond donors (Lipinski definition) is 0. The molecule has 7 nitrogen and oxygen atoms in total. The lowest BCUT2D eigenvalue weighted by molar-refractivity contribution is 0.134. The molecule has 0 bridgehead atoms. The summed E-state index contributed by atoms with van der Waals surface area (Å²) in [5, 5.41) is 4.53. The lowest BCUT2D eigenvalue weighted by Crippen LogP contribution is -2.45. The molecule has 164 valence electrons. The van der Waals surface area contributed by atoms with E-state index in [1.54, 1.807) is 6.20 Å². The summed E-state index contributed by atoms with van der Waals surface area (Å²) >= 11 is 0. The molecule has 0 radical (unpaired) electrons. The number of likely N-dealkylation sites (N-methyl/N-ethyl adjacent to an activating group) is 1. The molecule has 0 amide bonds. The number of rotatable bonds is 6. The highest BCUT2D eigenvalue weighted by Gasteiger charge is 2.14. The smallest absolute Gasteiger partial charge is 0.162 e. The molecule has 0 aliphatic carbocycles. The molecule has 0 spiro atoms. The number of hydrogen-bond acceptors (Lipinski definition) is 6. The van der Waals surface area contributed by atoms with Crippen molar-refractivity contribution < 1.29 is 4.74 Å². The lowest BCUT2D eigenvalue weighted by Gasteiger charge is -2.32. The van der Waals surface area contributed by atoms with E-state index >= 15 is 0 Å². The number of benzene rings is 1. The Labute approximate surface area is 188 Å². The van der Waals surface area contributed by atoms with Crippen LogP contribution < -0.4 is 4.74 Å². The normalized spacial score (nSPS) is 15.3. The standard InChI is InChI=1S/C25H28N6O/c1-19-15-26-8-7-23(19)24-17-28-31-18-21(16-27-25(24)31)20-3-5-22(6-4-20)32-14-13-30-11-9-29(2)10-12-30/h3-8,15-18H,9-14H2,1-2H3. The maximum atomic E-state index is 5.97. The van der Waals surface area contributed by atoms with Crippen LogP contribution in [0.5, 0.6) is 5.75 Å². The van der Waals surface area contributed by atoms with Gasteiger partial charge in [0.2, 0.25) is 0 Å². The second-order valence-corrected chi connectivity index (χ2v) is 8.38. The minimum atomic E-state index is 0.709. The van der Waals surface area contributed by atoms with Crippen molar-refractivity contribution in [2.45, 2.75) is 6.92 Å². The number of aryl methyl sites for hydroxylation is 1. The second kappa shape index (κ2) is 9.06. The second-order valence-electron chi connectivity index (χ2n) is 8.38. The molecular weight excluding hydrogens is 400 g/mol. The highest BCUT2D eigenvalue weighted by molar-refractivity contribution is 5.79. The Balaban J connectivity index is 1.26. The number of aromatic nitrogens is 4. The summed E-state index contributed by atoms with van der Waals surface area (Å²) in [6.07, 6.45) is 9.45. The first-order valence-corrected chi connectivity index (χ1v) is 11.1. The number of ether oxygens (including phenoxy) is 1. The van der Waals surface area contributed by atoms with Crippen LogP contribution in [0.4, 0.5) is 0 Å². The Hall–Kier alpha value is -3.29. The molecule has 1 fully saturated rings. The van der Waals surface area contributed by atoms with Gasteiger partial charge in [0.25, 0.3) is 0 Å². The molecular formula is C25H28N6O. The summed E-state index contributed by atoms with van der Waals surface area (Å²) < 4.78 is 7.80. The number of piperazine rings is 1. The Kier molecular flexibility index (Phi) is 5.83. The van der Waals surface area contributed by atoms with E-state index in [0.717, 1.165) is 71.9 Å². The van der Waals surface area contributed by atoms with Gasteiger partial charge in [-0.25, -0.2) is 9.50 Å². The molecule has 4 heterocycles. The number of pyridine rings is 1. The molecule has 7 heteroatoms. The van der Waals surface area contributed by atoms with Gasteiger partial charge in [-0.3, -0.25) is 9.88 Å². The van der Waals surface area contributed by atoms with Crippen LogP contribution in [0.3, 0.4) is 0 Å². The fourth-order valence-electron chi connectivity index (χ4n) is 4.10. The zero-order valence-corrected chi connectivity index (χ0v) is 18.6. The third-order valence-electron chi connectivity index (χ3n) is 6.13. The third-order valence-corrected chi connectivity index (χ3v) is 6.13. The Morgan fingerprint density at radius 2 is 1.72 bits per heavy atom. The summed E-state index contributed by atoms with van der Waals surface area (Å²) in [5.41, 5.74) is 6.17. The molecule has 4 aromatic rings. The van der Waals surface area contributed by atoms with Gasteiger partial charge in [-0.15, -0.1) is 0 Å². The van der Waals surface area contributed by atoms with Crippen molar-refractivity contribution in [2.24, 2.45) is 0 Å². The quantitative estimate of drug-likeness (QED) is 0.469. The van der Waals surface area contributed by atoms with Crippen LogP contribution in [-0.2, 0) is 0 Å². The SMILES string of the molecule is Cc1cnccc1-c1cnn2cc(-c3ccc(OCCN4CCN(C)CC4)cc3)cnc12. The highest BCUT2D eigenvalue weighted by Crippen LogP contribution is 2.28. The molecule has 5 rings (SSSR count). The summed E-state index contributed by atoms with van der Waals surface area (Å²) in [6.45, 7) is 8.22. The van der Waals surface area contributed by atoms with Crippen molar-refractivity contribution in [1.82, 2.24) is 29.4 Å². The van der Waals surface area contributed by atoms with Gasteiger partial charge >= 0.3 is 0 Å². The van der Waals surface area contributed by atoms with E-state index in [1.165, 1.54) is 0 Å². The summed E-state index contributed by atoms with van der Waals surface area (Å²) in [7, 11) is 2.18. The van der Waals surface area contributed by atoms with Crippen molar-refractivity contribution in [1.29, 1.82) is 0 Å². The molecule has 0 unspecified atom stereocenters. The summed E-state index contributed by atoms with van der Waals surface area (Å²) in [6, 6.07) is 10.2. The third kappa shape index (κ3) is 4.35. The van der Waals surface area contributed by atoms with Crippen LogP contribution in [0.15, 0.2) is 61.3 Å². The Morgan fingerprint density at radius 3 is 2.50 bits per heavy atom. The van der Waals surface area contributed by atoms with E-state index in [9.17, 15) is 0 Å². The largest absolute Gasteiger partial charge is 0.492 e. The van der Waals surface area contributed by atoms with E-state index < -0.39 is 0 Å². The molecule has 1 aliphatic rings. The monoisotopic (exact) mass is 428 g/mol. The maximum Gasteiger partial charge on any atom is 0.162 e. The molecule has 0 atom stereocenters. The maximum absolute atomic E-state index is 5.97. The predicted octanol–water partition coefficient (Wildman–Crippen LogP) is 3.39. The van der Waals surface area contributed by atoms with E-state index in [-0.39, 0.29) is 0 Å². The van der Waals surface area contributed by atoms with Crippen molar-refractivity contribution in [3.05, 3.63) is 66.9 Å². The van der Waals surface area contributed by atoms with Crippen LogP contribution in [0.1, 0.15) is 5.56 Å².